The molecule has 1 aliphatic rings. The minimum absolute atomic E-state index is 0.452. The topological polar surface area (TPSA) is 89.1 Å². The van der Waals surface area contributed by atoms with Gasteiger partial charge in [-0.25, -0.2) is 5.53 Å². The standard InChI is InChI=1S/C10H8N4O/c11-5-6-1-2-7-4-9(10(15)14-12)13-8(7)3-6/h1-3,9,12-13H,4H2. The summed E-state index contributed by atoms with van der Waals surface area (Å²) >= 11 is 0. The molecule has 0 bridgehead atoms. The van der Waals surface area contributed by atoms with Gasteiger partial charge in [0, 0.05) is 12.1 Å². The Hall–Kier alpha value is -2.22. The lowest BCUT2D eigenvalue weighted by Gasteiger charge is -2.04. The van der Waals surface area contributed by atoms with Gasteiger partial charge >= 0.3 is 0 Å². The molecule has 0 fully saturated rings. The van der Waals surface area contributed by atoms with Crippen LogP contribution < -0.4 is 5.32 Å². The number of carbonyl (C=O) groups excluding carboxylic acids is 1. The second-order valence-electron chi connectivity index (χ2n) is 3.33. The van der Waals surface area contributed by atoms with Crippen LogP contribution in [0.2, 0.25) is 0 Å². The van der Waals surface area contributed by atoms with Crippen LogP contribution in [0.1, 0.15) is 11.1 Å². The fraction of sp³-hybridized carbons (Fsp3) is 0.200. The molecule has 0 aliphatic carbocycles. The summed E-state index contributed by atoms with van der Waals surface area (Å²) in [6, 6.07) is 6.81. The number of amides is 1. The molecule has 1 unspecified atom stereocenters. The summed E-state index contributed by atoms with van der Waals surface area (Å²) in [4.78, 5) is 11.2. The first-order valence-corrected chi connectivity index (χ1v) is 4.45. The van der Waals surface area contributed by atoms with Crippen LogP contribution in [0.15, 0.2) is 23.3 Å². The van der Waals surface area contributed by atoms with E-state index < -0.39 is 11.9 Å². The van der Waals surface area contributed by atoms with Crippen molar-refractivity contribution in [2.45, 2.75) is 12.5 Å². The monoisotopic (exact) mass is 200 g/mol. The third kappa shape index (κ3) is 1.57. The Kier molecular flexibility index (Phi) is 2.18. The van der Waals surface area contributed by atoms with Crippen LogP contribution in [0.4, 0.5) is 5.69 Å². The number of fused-ring (bicyclic) bond motifs is 1. The molecule has 2 N–H and O–H groups in total. The smallest absolute Gasteiger partial charge is 0.286 e. The van der Waals surface area contributed by atoms with Gasteiger partial charge in [0.15, 0.2) is 0 Å². The maximum absolute atomic E-state index is 11.2. The summed E-state index contributed by atoms with van der Waals surface area (Å²) in [6.45, 7) is 0. The van der Waals surface area contributed by atoms with E-state index in [0.717, 1.165) is 11.3 Å². The highest BCUT2D eigenvalue weighted by atomic mass is 16.2. The summed E-state index contributed by atoms with van der Waals surface area (Å²) in [6.07, 6.45) is 0.530. The van der Waals surface area contributed by atoms with Gasteiger partial charge in [0.25, 0.3) is 5.91 Å². The number of hydrogen-bond acceptors (Lipinski definition) is 4. The summed E-state index contributed by atoms with van der Waals surface area (Å²) in [5, 5.41) is 14.5. The zero-order valence-electron chi connectivity index (χ0n) is 7.82. The van der Waals surface area contributed by atoms with Gasteiger partial charge in [-0.3, -0.25) is 4.79 Å². The predicted octanol–water partition coefficient (Wildman–Crippen LogP) is 1.45. The van der Waals surface area contributed by atoms with Crippen LogP contribution in [-0.4, -0.2) is 11.9 Å². The van der Waals surface area contributed by atoms with Crippen molar-refractivity contribution in [3.05, 3.63) is 29.3 Å². The van der Waals surface area contributed by atoms with E-state index >= 15 is 0 Å². The molecule has 0 spiro atoms. The lowest BCUT2D eigenvalue weighted by Crippen LogP contribution is -2.24. The van der Waals surface area contributed by atoms with Gasteiger partial charge in [0.1, 0.15) is 6.04 Å². The molecule has 1 aliphatic heterocycles. The van der Waals surface area contributed by atoms with Crippen molar-refractivity contribution < 1.29 is 4.79 Å². The van der Waals surface area contributed by atoms with Crippen molar-refractivity contribution in [2.75, 3.05) is 5.32 Å². The van der Waals surface area contributed by atoms with Gasteiger partial charge in [-0.2, -0.15) is 5.26 Å². The number of nitrogens with one attached hydrogen (secondary N) is 2. The number of benzene rings is 1. The second kappa shape index (κ2) is 3.50. The van der Waals surface area contributed by atoms with E-state index in [2.05, 4.69) is 10.4 Å². The molecule has 15 heavy (non-hydrogen) atoms. The molecule has 1 aromatic rings. The Bertz CT molecular complexity index is 475. The molecule has 5 nitrogen and oxygen atoms in total. The highest BCUT2D eigenvalue weighted by molar-refractivity contribution is 5.87. The van der Waals surface area contributed by atoms with Crippen molar-refractivity contribution in [3.63, 3.8) is 0 Å². The fourth-order valence-electron chi connectivity index (χ4n) is 1.64. The van der Waals surface area contributed by atoms with E-state index in [9.17, 15) is 4.79 Å². The van der Waals surface area contributed by atoms with Gasteiger partial charge in [0.2, 0.25) is 0 Å². The van der Waals surface area contributed by atoms with Crippen LogP contribution in [0.25, 0.3) is 0 Å². The van der Waals surface area contributed by atoms with Gasteiger partial charge in [0.05, 0.1) is 11.6 Å². The highest BCUT2D eigenvalue weighted by Gasteiger charge is 2.26. The molecule has 74 valence electrons. The number of anilines is 1. The Morgan fingerprint density at radius 1 is 1.67 bits per heavy atom. The van der Waals surface area contributed by atoms with Crippen LogP contribution >= 0.6 is 0 Å². The quantitative estimate of drug-likeness (QED) is 0.672. The molecule has 5 heteroatoms. The first kappa shape index (κ1) is 9.34. The molecule has 1 heterocycles. The summed E-state index contributed by atoms with van der Waals surface area (Å²) in [5.41, 5.74) is 8.97. The van der Waals surface area contributed by atoms with Crippen LogP contribution in [0.5, 0.6) is 0 Å². The van der Waals surface area contributed by atoms with Gasteiger partial charge < -0.3 is 5.32 Å². The fourth-order valence-corrected chi connectivity index (χ4v) is 1.64. The van der Waals surface area contributed by atoms with Gasteiger partial charge in [-0.15, -0.1) is 5.11 Å². The molecule has 0 saturated carbocycles. The lowest BCUT2D eigenvalue weighted by molar-refractivity contribution is -0.119. The second-order valence-corrected chi connectivity index (χ2v) is 3.33. The van der Waals surface area contributed by atoms with E-state index in [1.165, 1.54) is 0 Å². The van der Waals surface area contributed by atoms with Crippen molar-refractivity contribution in [3.8, 4) is 6.07 Å². The van der Waals surface area contributed by atoms with E-state index in [1.807, 2.05) is 12.1 Å². The zero-order chi connectivity index (χ0) is 10.8. The number of nitriles is 1. The maximum Gasteiger partial charge on any atom is 0.286 e. The molecule has 1 atom stereocenters. The highest BCUT2D eigenvalue weighted by Crippen LogP contribution is 2.27. The van der Waals surface area contributed by atoms with E-state index in [4.69, 9.17) is 10.8 Å². The Morgan fingerprint density at radius 3 is 3.13 bits per heavy atom. The third-order valence-electron chi connectivity index (χ3n) is 2.40. The van der Waals surface area contributed by atoms with Crippen LogP contribution in [0, 0.1) is 16.9 Å². The largest absolute Gasteiger partial charge is 0.373 e. The Morgan fingerprint density at radius 2 is 2.47 bits per heavy atom. The van der Waals surface area contributed by atoms with E-state index in [1.54, 1.807) is 12.1 Å². The van der Waals surface area contributed by atoms with Crippen molar-refractivity contribution >= 4 is 11.6 Å². The number of rotatable bonds is 1. The average Bonchev–Trinajstić information content (AvgIpc) is 2.70. The normalized spacial score (nSPS) is 17.4. The van der Waals surface area contributed by atoms with Gasteiger partial charge in [-0.1, -0.05) is 6.07 Å². The molecular formula is C10H8N4O. The maximum atomic E-state index is 11.2. The van der Waals surface area contributed by atoms with Crippen LogP contribution in [0.3, 0.4) is 0 Å². The molecule has 0 aromatic heterocycles. The SMILES string of the molecule is N#Cc1ccc2c(c1)NC(C(=O)N=N)C2. The first-order chi connectivity index (χ1) is 7.24. The minimum atomic E-state index is -0.482. The summed E-state index contributed by atoms with van der Waals surface area (Å²) < 4.78 is 0. The molecule has 2 rings (SSSR count). The lowest BCUT2D eigenvalue weighted by atomic mass is 10.1. The molecule has 1 amide bonds. The van der Waals surface area contributed by atoms with E-state index in [0.29, 0.717) is 12.0 Å². The zero-order valence-corrected chi connectivity index (χ0v) is 7.82. The molecule has 0 radical (unpaired) electrons. The summed E-state index contributed by atoms with van der Waals surface area (Å²) in [5.74, 6) is -0.482. The first-order valence-electron chi connectivity index (χ1n) is 4.45. The molecule has 0 saturated heterocycles. The number of nitrogens with zero attached hydrogens (tertiary/aromatic N) is 2. The third-order valence-corrected chi connectivity index (χ3v) is 2.40. The van der Waals surface area contributed by atoms with Crippen molar-refractivity contribution in [2.24, 2.45) is 5.11 Å². The van der Waals surface area contributed by atoms with Crippen molar-refractivity contribution in [1.82, 2.24) is 0 Å². The Balaban J connectivity index is 2.28. The van der Waals surface area contributed by atoms with Crippen LogP contribution in [-0.2, 0) is 11.2 Å². The molecule has 1 aromatic carbocycles. The minimum Gasteiger partial charge on any atom is -0.373 e. The Labute approximate surface area is 86.2 Å². The average molecular weight is 200 g/mol. The number of carbonyl (C=O) groups is 1. The predicted molar refractivity (Wildman–Crippen MR) is 52.4 cm³/mol. The van der Waals surface area contributed by atoms with Crippen molar-refractivity contribution in [1.29, 1.82) is 10.8 Å². The summed E-state index contributed by atoms with van der Waals surface area (Å²) in [7, 11) is 0. The molecular weight excluding hydrogens is 192 g/mol. The van der Waals surface area contributed by atoms with Gasteiger partial charge in [-0.05, 0) is 17.7 Å². The number of hydrogen-bond donors (Lipinski definition) is 2. The van der Waals surface area contributed by atoms with E-state index in [-0.39, 0.29) is 0 Å².